The first kappa shape index (κ1) is 20.5. The summed E-state index contributed by atoms with van der Waals surface area (Å²) in [6.07, 6.45) is 3.99. The van der Waals surface area contributed by atoms with E-state index in [9.17, 15) is 31.1 Å². The van der Waals surface area contributed by atoms with Crippen LogP contribution in [0.1, 0.15) is 26.0 Å². The predicted octanol–water partition coefficient (Wildman–Crippen LogP) is 3.18. The van der Waals surface area contributed by atoms with Crippen LogP contribution in [0.4, 0.5) is 17.6 Å². The number of pyridine rings is 1. The van der Waals surface area contributed by atoms with E-state index in [1.165, 1.54) is 18.2 Å². The Labute approximate surface area is 157 Å². The van der Waals surface area contributed by atoms with Crippen LogP contribution in [0.3, 0.4) is 0 Å². The molecule has 0 fully saturated rings. The molecule has 11 heteroatoms. The minimum absolute atomic E-state index is 0.0836. The van der Waals surface area contributed by atoms with Crippen molar-refractivity contribution in [2.75, 3.05) is 0 Å². The summed E-state index contributed by atoms with van der Waals surface area (Å²) >= 11 is 0. The molecule has 1 unspecified atom stereocenters. The third kappa shape index (κ3) is 3.96. The monoisotopic (exact) mass is 421 g/mol. The van der Waals surface area contributed by atoms with Crippen molar-refractivity contribution in [1.82, 2.24) is 4.98 Å². The predicted molar refractivity (Wildman–Crippen MR) is 89.1 cm³/mol. The van der Waals surface area contributed by atoms with Gasteiger partial charge in [0.1, 0.15) is 17.2 Å². The maximum atomic E-state index is 13.2. The zero-order valence-corrected chi connectivity index (χ0v) is 15.4. The molecule has 1 atom stereocenters. The second-order valence-electron chi connectivity index (χ2n) is 6.87. The number of allylic oxidation sites excluding steroid dienone is 1. The molecule has 1 N–H and O–H groups in total. The molecule has 0 bridgehead atoms. The third-order valence-corrected chi connectivity index (χ3v) is 5.02. The summed E-state index contributed by atoms with van der Waals surface area (Å²) in [6.45, 7) is 3.36. The molecule has 0 amide bonds. The molecule has 1 aromatic heterocycles. The molecule has 0 radical (unpaired) electrons. The van der Waals surface area contributed by atoms with Gasteiger partial charge in [0.2, 0.25) is 5.79 Å². The molecular weight excluding hydrogens is 406 g/mol. The molecule has 152 valence electrons. The van der Waals surface area contributed by atoms with Crippen molar-refractivity contribution in [3.8, 4) is 0 Å². The Hall–Kier alpha value is -2.24. The Morgan fingerprint density at radius 1 is 1.29 bits per heavy atom. The maximum absolute atomic E-state index is 13.2. The van der Waals surface area contributed by atoms with Crippen LogP contribution in [0.2, 0.25) is 0 Å². The van der Waals surface area contributed by atoms with Crippen LogP contribution in [0, 0.1) is 5.82 Å². The summed E-state index contributed by atoms with van der Waals surface area (Å²) < 4.78 is 83.1. The summed E-state index contributed by atoms with van der Waals surface area (Å²) in [6, 6.07) is 2.62. The normalized spacial score (nSPS) is 24.5. The van der Waals surface area contributed by atoms with E-state index in [2.05, 4.69) is 9.17 Å². The van der Waals surface area contributed by atoms with Crippen LogP contribution < -0.4 is 0 Å². The molecule has 0 spiro atoms. The van der Waals surface area contributed by atoms with Crippen LogP contribution >= 0.6 is 0 Å². The summed E-state index contributed by atoms with van der Waals surface area (Å²) in [4.78, 5) is 4.00. The molecule has 0 saturated heterocycles. The number of hydrogen-bond donors (Lipinski definition) is 1. The van der Waals surface area contributed by atoms with Gasteiger partial charge in [-0.2, -0.15) is 21.6 Å². The van der Waals surface area contributed by atoms with Gasteiger partial charge in [-0.05, 0) is 43.7 Å². The van der Waals surface area contributed by atoms with E-state index in [1.807, 2.05) is 0 Å². The van der Waals surface area contributed by atoms with Crippen molar-refractivity contribution >= 4 is 15.7 Å². The molecule has 28 heavy (non-hydrogen) atoms. The van der Waals surface area contributed by atoms with Crippen molar-refractivity contribution in [1.29, 1.82) is 0 Å². The highest BCUT2D eigenvalue weighted by Crippen LogP contribution is 2.43. The summed E-state index contributed by atoms with van der Waals surface area (Å²) in [7, 11) is -6.06. The smallest absolute Gasteiger partial charge is 0.487 e. The van der Waals surface area contributed by atoms with Crippen molar-refractivity contribution < 1.29 is 40.0 Å². The second-order valence-corrected chi connectivity index (χ2v) is 8.41. The zero-order chi connectivity index (χ0) is 21.0. The van der Waals surface area contributed by atoms with Crippen LogP contribution in [0.25, 0.3) is 5.57 Å². The van der Waals surface area contributed by atoms with Gasteiger partial charge in [0.15, 0.2) is 0 Å². The van der Waals surface area contributed by atoms with Crippen LogP contribution in [-0.4, -0.2) is 35.4 Å². The number of hydrogen-bond acceptors (Lipinski definition) is 6. The van der Waals surface area contributed by atoms with E-state index in [0.717, 1.165) is 18.3 Å². The Morgan fingerprint density at radius 2 is 1.96 bits per heavy atom. The largest absolute Gasteiger partial charge is 0.523 e. The number of fused-ring (bicyclic) bond motifs is 1. The summed E-state index contributed by atoms with van der Waals surface area (Å²) in [5, 5.41) is 10.2. The average Bonchev–Trinajstić information content (AvgIpc) is 2.51. The fourth-order valence-electron chi connectivity index (χ4n) is 2.84. The number of nitrogens with zero attached hydrogens (tertiary/aromatic N) is 1. The molecule has 1 aromatic rings. The van der Waals surface area contributed by atoms with E-state index >= 15 is 0 Å². The van der Waals surface area contributed by atoms with Crippen molar-refractivity contribution in [3.63, 3.8) is 0 Å². The van der Waals surface area contributed by atoms with Gasteiger partial charge < -0.3 is 9.84 Å². The van der Waals surface area contributed by atoms with E-state index in [-0.39, 0.29) is 5.76 Å². The van der Waals surface area contributed by atoms with Gasteiger partial charge in [-0.3, -0.25) is 4.98 Å². The lowest BCUT2D eigenvalue weighted by atomic mass is 9.85. The first-order valence-electron chi connectivity index (χ1n) is 7.92. The highest BCUT2D eigenvalue weighted by atomic mass is 32.2. The van der Waals surface area contributed by atoms with Gasteiger partial charge in [0.05, 0.1) is 11.9 Å². The fraction of sp³-hybridized carbons (Fsp3) is 0.353. The van der Waals surface area contributed by atoms with Gasteiger partial charge in [0, 0.05) is 18.1 Å². The van der Waals surface area contributed by atoms with Crippen LogP contribution in [-0.2, 0) is 19.0 Å². The van der Waals surface area contributed by atoms with Crippen LogP contribution in [0.5, 0.6) is 0 Å². The highest BCUT2D eigenvalue weighted by Gasteiger charge is 2.52. The maximum Gasteiger partial charge on any atom is 0.523 e. The fourth-order valence-corrected chi connectivity index (χ4v) is 3.39. The number of rotatable bonds is 3. The number of halogens is 4. The molecule has 0 aromatic carbocycles. The Morgan fingerprint density at radius 3 is 2.54 bits per heavy atom. The lowest BCUT2D eigenvalue weighted by molar-refractivity contribution is -0.0946. The van der Waals surface area contributed by atoms with Crippen molar-refractivity contribution in [2.24, 2.45) is 0 Å². The molecule has 1 aliphatic heterocycles. The van der Waals surface area contributed by atoms with Crippen molar-refractivity contribution in [3.05, 3.63) is 59.4 Å². The lowest BCUT2D eigenvalue weighted by Gasteiger charge is -2.38. The molecule has 1 aliphatic carbocycles. The van der Waals surface area contributed by atoms with E-state index in [4.69, 9.17) is 4.74 Å². The van der Waals surface area contributed by atoms with Crippen molar-refractivity contribution in [2.45, 2.75) is 37.2 Å². The SMILES string of the molecule is CC1(C)CC(c2ccc(F)cn2)=C2C=CC(O)(OS(=O)(=O)C(F)(F)F)C=C2O1. The number of alkyl halides is 3. The number of aliphatic hydroxyl groups is 1. The Balaban J connectivity index is 2.06. The molecule has 0 saturated carbocycles. The zero-order valence-electron chi connectivity index (χ0n) is 14.6. The van der Waals surface area contributed by atoms with Gasteiger partial charge >= 0.3 is 15.6 Å². The molecule has 6 nitrogen and oxygen atoms in total. The van der Waals surface area contributed by atoms with Gasteiger partial charge in [-0.15, -0.1) is 0 Å². The second kappa shape index (κ2) is 6.39. The molecule has 2 heterocycles. The van der Waals surface area contributed by atoms with E-state index in [1.54, 1.807) is 13.8 Å². The highest BCUT2D eigenvalue weighted by molar-refractivity contribution is 7.87. The first-order chi connectivity index (χ1) is 12.7. The van der Waals surface area contributed by atoms with Gasteiger partial charge in [-0.25, -0.2) is 8.57 Å². The molecular formula is C17H15F4NO5S. The number of aromatic nitrogens is 1. The van der Waals surface area contributed by atoms with E-state index < -0.39 is 32.8 Å². The molecule has 2 aliphatic rings. The minimum Gasteiger partial charge on any atom is -0.487 e. The minimum atomic E-state index is -6.06. The van der Waals surface area contributed by atoms with Crippen LogP contribution in [0.15, 0.2) is 47.9 Å². The topological polar surface area (TPSA) is 85.7 Å². The Kier molecular flexibility index (Phi) is 4.68. The number of ether oxygens (including phenoxy) is 1. The quantitative estimate of drug-likeness (QED) is 0.349. The summed E-state index contributed by atoms with van der Waals surface area (Å²) in [5.74, 6) is -3.52. The molecule has 3 rings (SSSR count). The standard InChI is InChI=1S/C17H15F4NO5S/c1-15(2)7-12(13-4-3-10(18)9-22-13)11-5-6-16(23,8-14(11)26-15)27-28(24,25)17(19,20)21/h3-6,8-9,23H,7H2,1-2H3. The first-order valence-corrected chi connectivity index (χ1v) is 9.33. The summed E-state index contributed by atoms with van der Waals surface area (Å²) in [5.41, 5.74) is -5.23. The van der Waals surface area contributed by atoms with Gasteiger partial charge in [0.25, 0.3) is 0 Å². The Bertz CT molecular complexity index is 993. The third-order valence-electron chi connectivity index (χ3n) is 3.97. The average molecular weight is 421 g/mol. The van der Waals surface area contributed by atoms with E-state index in [0.29, 0.717) is 23.3 Å². The van der Waals surface area contributed by atoms with Gasteiger partial charge in [-0.1, -0.05) is 0 Å². The lowest BCUT2D eigenvalue weighted by Crippen LogP contribution is -2.39.